The Morgan fingerprint density at radius 3 is 2.10 bits per heavy atom. The molecular weight excluding hydrogens is 289 g/mol. The first-order valence-electron chi connectivity index (χ1n) is 6.90. The molecule has 0 aromatic rings. The van der Waals surface area contributed by atoms with E-state index in [1.807, 2.05) is 0 Å². The van der Waals surface area contributed by atoms with Gasteiger partial charge in [-0.05, 0) is 19.3 Å². The highest BCUT2D eigenvalue weighted by molar-refractivity contribution is 5.85. The minimum absolute atomic E-state index is 0.0292. The number of carbonyl (C=O) groups is 2. The number of alkyl halides is 3. The number of carboxylic acid groups (broad SMARTS) is 1. The third-order valence-corrected chi connectivity index (χ3v) is 4.71. The van der Waals surface area contributed by atoms with E-state index >= 15 is 0 Å². The van der Waals surface area contributed by atoms with Crippen LogP contribution in [0.5, 0.6) is 0 Å². The fourth-order valence-electron chi connectivity index (χ4n) is 2.77. The zero-order chi connectivity index (χ0) is 16.5. The van der Waals surface area contributed by atoms with Gasteiger partial charge in [-0.3, -0.25) is 9.59 Å². The van der Waals surface area contributed by atoms with Gasteiger partial charge in [0.25, 0.3) is 0 Å². The average molecular weight is 310 g/mol. The number of likely N-dealkylation sites (tertiary alicyclic amines) is 1. The smallest absolute Gasteiger partial charge is 0.406 e. The van der Waals surface area contributed by atoms with Crippen molar-refractivity contribution < 1.29 is 27.9 Å². The lowest BCUT2D eigenvalue weighted by atomic mass is 9.80. The quantitative estimate of drug-likeness (QED) is 0.808. The van der Waals surface area contributed by atoms with Crippen LogP contribution in [0.2, 0.25) is 0 Å². The van der Waals surface area contributed by atoms with Gasteiger partial charge < -0.3 is 15.7 Å². The van der Waals surface area contributed by atoms with E-state index in [-0.39, 0.29) is 13.1 Å². The van der Waals surface area contributed by atoms with Crippen LogP contribution < -0.4 is 5.73 Å². The molecule has 0 bridgehead atoms. The summed E-state index contributed by atoms with van der Waals surface area (Å²) in [5.74, 6) is -2.42. The van der Waals surface area contributed by atoms with E-state index in [2.05, 4.69) is 0 Å². The molecule has 1 aliphatic rings. The van der Waals surface area contributed by atoms with Crippen LogP contribution in [-0.2, 0) is 9.59 Å². The lowest BCUT2D eigenvalue weighted by molar-refractivity contribution is -0.227. The van der Waals surface area contributed by atoms with Crippen molar-refractivity contribution in [3.8, 4) is 0 Å². The van der Waals surface area contributed by atoms with E-state index in [0.717, 1.165) is 4.90 Å². The molecule has 3 N–H and O–H groups in total. The molecule has 0 saturated carbocycles. The van der Waals surface area contributed by atoms with Crippen LogP contribution >= 0.6 is 0 Å². The Bertz CT molecular complexity index is 413. The second-order valence-electron chi connectivity index (χ2n) is 5.55. The Labute approximate surface area is 121 Å². The number of carbonyl (C=O) groups excluding carboxylic acids is 1. The molecule has 0 aromatic carbocycles. The Balaban J connectivity index is 3.06. The van der Waals surface area contributed by atoms with Crippen molar-refractivity contribution >= 4 is 11.9 Å². The van der Waals surface area contributed by atoms with Gasteiger partial charge in [0.1, 0.15) is 0 Å². The average Bonchev–Trinajstić information content (AvgIpc) is 2.87. The summed E-state index contributed by atoms with van der Waals surface area (Å²) in [6, 6.07) is 0. The Morgan fingerprint density at radius 1 is 1.29 bits per heavy atom. The van der Waals surface area contributed by atoms with Gasteiger partial charge in [0, 0.05) is 19.6 Å². The summed E-state index contributed by atoms with van der Waals surface area (Å²) in [6.07, 6.45) is -4.70. The predicted octanol–water partition coefficient (Wildman–Crippen LogP) is 1.62. The first-order valence-corrected chi connectivity index (χ1v) is 6.90. The maximum atomic E-state index is 13.1. The number of nitrogens with zero attached hydrogens (tertiary/aromatic N) is 1. The monoisotopic (exact) mass is 310 g/mol. The third kappa shape index (κ3) is 2.73. The molecule has 1 aliphatic heterocycles. The molecule has 1 saturated heterocycles. The molecule has 0 aliphatic carbocycles. The number of carboxylic acids is 1. The molecule has 1 heterocycles. The van der Waals surface area contributed by atoms with Gasteiger partial charge in [0.05, 0.1) is 5.41 Å². The lowest BCUT2D eigenvalue weighted by Crippen LogP contribution is -2.51. The first kappa shape index (κ1) is 17.7. The van der Waals surface area contributed by atoms with Crippen molar-refractivity contribution in [2.75, 3.05) is 19.6 Å². The van der Waals surface area contributed by atoms with Gasteiger partial charge in [0.2, 0.25) is 5.91 Å². The van der Waals surface area contributed by atoms with Crippen LogP contribution in [0.1, 0.15) is 33.1 Å². The lowest BCUT2D eigenvalue weighted by Gasteiger charge is -2.34. The van der Waals surface area contributed by atoms with E-state index < -0.39 is 41.8 Å². The molecule has 1 rings (SSSR count). The normalized spacial score (nSPS) is 23.4. The standard InChI is InChI=1S/C13H21F3N2O3/c1-3-11(4-2,7-17)9(19)18-6-5-12(8-18,10(20)21)13(14,15)16/h3-8,17H2,1-2H3,(H,20,21). The molecule has 1 amide bonds. The molecule has 8 heteroatoms. The maximum absolute atomic E-state index is 13.1. The van der Waals surface area contributed by atoms with Crippen LogP contribution in [0.15, 0.2) is 0 Å². The van der Waals surface area contributed by atoms with Gasteiger partial charge in [0.15, 0.2) is 5.41 Å². The van der Waals surface area contributed by atoms with E-state index in [1.165, 1.54) is 0 Å². The maximum Gasteiger partial charge on any atom is 0.406 e. The summed E-state index contributed by atoms with van der Waals surface area (Å²) in [6.45, 7) is 2.47. The molecule has 0 aromatic heterocycles. The summed E-state index contributed by atoms with van der Waals surface area (Å²) in [5.41, 5.74) is 1.84. The molecule has 0 radical (unpaired) electrons. The highest BCUT2D eigenvalue weighted by Crippen LogP contribution is 2.46. The number of hydrogen-bond acceptors (Lipinski definition) is 3. The zero-order valence-corrected chi connectivity index (χ0v) is 12.2. The van der Waals surface area contributed by atoms with Gasteiger partial charge in [-0.2, -0.15) is 13.2 Å². The number of aliphatic carboxylic acids is 1. The summed E-state index contributed by atoms with van der Waals surface area (Å²) in [4.78, 5) is 24.6. The van der Waals surface area contributed by atoms with Crippen molar-refractivity contribution in [1.82, 2.24) is 4.90 Å². The number of rotatable bonds is 5. The second kappa shape index (κ2) is 5.82. The van der Waals surface area contributed by atoms with Gasteiger partial charge in [-0.1, -0.05) is 13.8 Å². The number of amides is 1. The van der Waals surface area contributed by atoms with Gasteiger partial charge in [-0.15, -0.1) is 0 Å². The molecule has 1 unspecified atom stereocenters. The SMILES string of the molecule is CCC(CC)(CN)C(=O)N1CCC(C(=O)O)(C(F)(F)F)C1. The van der Waals surface area contributed by atoms with E-state index in [0.29, 0.717) is 12.8 Å². The van der Waals surface area contributed by atoms with Crippen molar-refractivity contribution in [3.63, 3.8) is 0 Å². The third-order valence-electron chi connectivity index (χ3n) is 4.71. The van der Waals surface area contributed by atoms with Crippen LogP contribution in [0.3, 0.4) is 0 Å². The van der Waals surface area contributed by atoms with Crippen molar-refractivity contribution in [2.24, 2.45) is 16.6 Å². The van der Waals surface area contributed by atoms with E-state index in [9.17, 15) is 22.8 Å². The first-order chi connectivity index (χ1) is 9.60. The molecule has 5 nitrogen and oxygen atoms in total. The van der Waals surface area contributed by atoms with Crippen LogP contribution in [-0.4, -0.2) is 47.7 Å². The van der Waals surface area contributed by atoms with Crippen LogP contribution in [0, 0.1) is 10.8 Å². The minimum Gasteiger partial charge on any atom is -0.481 e. The summed E-state index contributed by atoms with van der Waals surface area (Å²) in [5, 5.41) is 8.99. The molecule has 1 fully saturated rings. The predicted molar refractivity (Wildman–Crippen MR) is 69.4 cm³/mol. The van der Waals surface area contributed by atoms with Gasteiger partial charge in [-0.25, -0.2) is 0 Å². The molecule has 122 valence electrons. The Kier molecular flexibility index (Phi) is 4.92. The summed E-state index contributed by atoms with van der Waals surface area (Å²) in [7, 11) is 0. The van der Waals surface area contributed by atoms with Crippen molar-refractivity contribution in [2.45, 2.75) is 39.3 Å². The Hall–Kier alpha value is -1.31. The molecule has 1 atom stereocenters. The largest absolute Gasteiger partial charge is 0.481 e. The minimum atomic E-state index is -4.89. The number of nitrogens with two attached hydrogens (primary N) is 1. The Morgan fingerprint density at radius 2 is 1.81 bits per heavy atom. The van der Waals surface area contributed by atoms with E-state index in [4.69, 9.17) is 10.8 Å². The highest BCUT2D eigenvalue weighted by atomic mass is 19.4. The van der Waals surface area contributed by atoms with E-state index in [1.54, 1.807) is 13.8 Å². The molecule has 0 spiro atoms. The topological polar surface area (TPSA) is 83.6 Å². The summed E-state index contributed by atoms with van der Waals surface area (Å²) >= 11 is 0. The fraction of sp³-hybridized carbons (Fsp3) is 0.846. The number of hydrogen-bond donors (Lipinski definition) is 2. The van der Waals surface area contributed by atoms with Crippen LogP contribution in [0.25, 0.3) is 0 Å². The second-order valence-corrected chi connectivity index (χ2v) is 5.55. The van der Waals surface area contributed by atoms with Crippen molar-refractivity contribution in [1.29, 1.82) is 0 Å². The van der Waals surface area contributed by atoms with Gasteiger partial charge >= 0.3 is 12.1 Å². The fourth-order valence-corrected chi connectivity index (χ4v) is 2.77. The molecular formula is C13H21F3N2O3. The highest BCUT2D eigenvalue weighted by Gasteiger charge is 2.64. The number of halogens is 3. The van der Waals surface area contributed by atoms with Crippen LogP contribution in [0.4, 0.5) is 13.2 Å². The zero-order valence-electron chi connectivity index (χ0n) is 12.2. The summed E-state index contributed by atoms with van der Waals surface area (Å²) < 4.78 is 39.3. The van der Waals surface area contributed by atoms with Crippen molar-refractivity contribution in [3.05, 3.63) is 0 Å². The molecule has 21 heavy (non-hydrogen) atoms.